The summed E-state index contributed by atoms with van der Waals surface area (Å²) < 4.78 is 5.47. The molecule has 0 spiro atoms. The number of aryl methyl sites for hydroxylation is 1. The van der Waals surface area contributed by atoms with E-state index in [1.807, 2.05) is 47.5 Å². The number of pyridine rings is 1. The molecule has 1 fully saturated rings. The summed E-state index contributed by atoms with van der Waals surface area (Å²) in [7, 11) is 0. The van der Waals surface area contributed by atoms with Gasteiger partial charge in [-0.25, -0.2) is 4.79 Å². The van der Waals surface area contributed by atoms with Crippen molar-refractivity contribution >= 4 is 6.09 Å². The van der Waals surface area contributed by atoms with Crippen molar-refractivity contribution in [2.24, 2.45) is 0 Å². The first-order valence-corrected chi connectivity index (χ1v) is 7.63. The lowest BCUT2D eigenvalue weighted by atomic mass is 10.0. The van der Waals surface area contributed by atoms with E-state index in [9.17, 15) is 4.79 Å². The molecule has 0 bridgehead atoms. The standard InChI is InChI=1S/C18H20N2O2/c1-14-9-10-19-12-16(14)17-8-5-11-20(17)18(21)22-13-15-6-3-2-4-7-15/h2-4,6-7,9-10,12,17H,5,8,11,13H2,1H3. The third-order valence-corrected chi connectivity index (χ3v) is 4.13. The molecule has 2 aromatic rings. The topological polar surface area (TPSA) is 42.4 Å². The van der Waals surface area contributed by atoms with Crippen LogP contribution >= 0.6 is 0 Å². The number of ether oxygens (including phenoxy) is 1. The van der Waals surface area contributed by atoms with E-state index < -0.39 is 0 Å². The fraction of sp³-hybridized carbons (Fsp3) is 0.333. The van der Waals surface area contributed by atoms with Crippen LogP contribution in [0.15, 0.2) is 48.8 Å². The molecule has 0 N–H and O–H groups in total. The third kappa shape index (κ3) is 3.11. The van der Waals surface area contributed by atoms with Crippen LogP contribution in [0.2, 0.25) is 0 Å². The number of hydrogen-bond donors (Lipinski definition) is 0. The normalized spacial score (nSPS) is 17.5. The molecule has 1 aromatic carbocycles. The van der Waals surface area contributed by atoms with Gasteiger partial charge in [-0.05, 0) is 42.5 Å². The summed E-state index contributed by atoms with van der Waals surface area (Å²) in [6.45, 7) is 3.12. The van der Waals surface area contributed by atoms with E-state index in [4.69, 9.17) is 4.74 Å². The van der Waals surface area contributed by atoms with Crippen LogP contribution in [-0.4, -0.2) is 22.5 Å². The Kier molecular flexibility index (Phi) is 4.37. The molecule has 1 aliphatic heterocycles. The highest BCUT2D eigenvalue weighted by atomic mass is 16.6. The van der Waals surface area contributed by atoms with E-state index in [1.165, 1.54) is 5.56 Å². The molecule has 1 aromatic heterocycles. The monoisotopic (exact) mass is 296 g/mol. The molecular formula is C18H20N2O2. The minimum atomic E-state index is -0.241. The van der Waals surface area contributed by atoms with Crippen LogP contribution in [0.4, 0.5) is 4.79 Å². The lowest BCUT2D eigenvalue weighted by Crippen LogP contribution is -2.31. The van der Waals surface area contributed by atoms with Gasteiger partial charge in [0.15, 0.2) is 0 Å². The molecule has 0 radical (unpaired) electrons. The summed E-state index contributed by atoms with van der Waals surface area (Å²) in [5, 5.41) is 0. The maximum absolute atomic E-state index is 12.4. The second-order valence-electron chi connectivity index (χ2n) is 5.62. The van der Waals surface area contributed by atoms with Crippen LogP contribution in [0.5, 0.6) is 0 Å². The summed E-state index contributed by atoms with van der Waals surface area (Å²) in [5.41, 5.74) is 3.29. The highest BCUT2D eigenvalue weighted by molar-refractivity contribution is 5.69. The van der Waals surface area contributed by atoms with Crippen molar-refractivity contribution in [3.63, 3.8) is 0 Å². The Bertz CT molecular complexity index is 643. The van der Waals surface area contributed by atoms with Gasteiger partial charge in [-0.2, -0.15) is 0 Å². The molecular weight excluding hydrogens is 276 g/mol. The smallest absolute Gasteiger partial charge is 0.410 e. The van der Waals surface area contributed by atoms with Crippen molar-refractivity contribution in [3.05, 3.63) is 65.5 Å². The molecule has 114 valence electrons. The number of carbonyl (C=O) groups excluding carboxylic acids is 1. The van der Waals surface area contributed by atoms with E-state index >= 15 is 0 Å². The Labute approximate surface area is 130 Å². The zero-order chi connectivity index (χ0) is 15.4. The van der Waals surface area contributed by atoms with Gasteiger partial charge in [0, 0.05) is 18.9 Å². The Morgan fingerprint density at radius 1 is 1.32 bits per heavy atom. The third-order valence-electron chi connectivity index (χ3n) is 4.13. The average Bonchev–Trinajstić information content (AvgIpc) is 3.03. The van der Waals surface area contributed by atoms with Crippen molar-refractivity contribution in [2.75, 3.05) is 6.54 Å². The van der Waals surface area contributed by atoms with Crippen molar-refractivity contribution in [1.82, 2.24) is 9.88 Å². The van der Waals surface area contributed by atoms with Gasteiger partial charge in [0.25, 0.3) is 0 Å². The van der Waals surface area contributed by atoms with Crippen molar-refractivity contribution in [1.29, 1.82) is 0 Å². The first-order chi connectivity index (χ1) is 10.8. The van der Waals surface area contributed by atoms with Gasteiger partial charge in [0.05, 0.1) is 6.04 Å². The average molecular weight is 296 g/mol. The fourth-order valence-corrected chi connectivity index (χ4v) is 2.94. The molecule has 1 amide bonds. The molecule has 2 heterocycles. The van der Waals surface area contributed by atoms with Gasteiger partial charge in [-0.15, -0.1) is 0 Å². The van der Waals surface area contributed by atoms with Crippen LogP contribution in [0.3, 0.4) is 0 Å². The lowest BCUT2D eigenvalue weighted by molar-refractivity contribution is 0.0919. The number of carbonyl (C=O) groups is 1. The zero-order valence-corrected chi connectivity index (χ0v) is 12.7. The van der Waals surface area contributed by atoms with E-state index in [2.05, 4.69) is 11.9 Å². The van der Waals surface area contributed by atoms with E-state index in [1.54, 1.807) is 6.20 Å². The molecule has 0 saturated carbocycles. The Balaban J connectivity index is 1.68. The van der Waals surface area contributed by atoms with Gasteiger partial charge >= 0.3 is 6.09 Å². The van der Waals surface area contributed by atoms with E-state index in [-0.39, 0.29) is 12.1 Å². The predicted octanol–water partition coefficient (Wildman–Crippen LogP) is 3.86. The lowest BCUT2D eigenvalue weighted by Gasteiger charge is -2.25. The second-order valence-corrected chi connectivity index (χ2v) is 5.62. The predicted molar refractivity (Wildman–Crippen MR) is 84.3 cm³/mol. The molecule has 4 heteroatoms. The maximum Gasteiger partial charge on any atom is 0.410 e. The van der Waals surface area contributed by atoms with Crippen LogP contribution in [0.25, 0.3) is 0 Å². The first-order valence-electron chi connectivity index (χ1n) is 7.63. The van der Waals surface area contributed by atoms with Crippen LogP contribution < -0.4 is 0 Å². The molecule has 1 aliphatic rings. The van der Waals surface area contributed by atoms with Gasteiger partial charge < -0.3 is 9.64 Å². The van der Waals surface area contributed by atoms with Crippen molar-refractivity contribution < 1.29 is 9.53 Å². The Hall–Kier alpha value is -2.36. The fourth-order valence-electron chi connectivity index (χ4n) is 2.94. The first kappa shape index (κ1) is 14.6. The molecule has 3 rings (SSSR count). The SMILES string of the molecule is Cc1ccncc1C1CCCN1C(=O)OCc1ccccc1. The van der Waals surface area contributed by atoms with Crippen LogP contribution in [-0.2, 0) is 11.3 Å². The Morgan fingerprint density at radius 2 is 2.14 bits per heavy atom. The van der Waals surface area contributed by atoms with Crippen molar-refractivity contribution in [3.8, 4) is 0 Å². The van der Waals surface area contributed by atoms with Gasteiger partial charge in [-0.3, -0.25) is 4.98 Å². The van der Waals surface area contributed by atoms with Gasteiger partial charge in [0.1, 0.15) is 6.61 Å². The van der Waals surface area contributed by atoms with E-state index in [0.717, 1.165) is 30.5 Å². The van der Waals surface area contributed by atoms with Crippen LogP contribution in [0, 0.1) is 6.92 Å². The molecule has 1 saturated heterocycles. The maximum atomic E-state index is 12.4. The summed E-state index contributed by atoms with van der Waals surface area (Å²) >= 11 is 0. The molecule has 4 nitrogen and oxygen atoms in total. The molecule has 1 atom stereocenters. The highest BCUT2D eigenvalue weighted by Crippen LogP contribution is 2.33. The van der Waals surface area contributed by atoms with E-state index in [0.29, 0.717) is 6.61 Å². The summed E-state index contributed by atoms with van der Waals surface area (Å²) in [6, 6.07) is 11.8. The number of aromatic nitrogens is 1. The van der Waals surface area contributed by atoms with Crippen molar-refractivity contribution in [2.45, 2.75) is 32.4 Å². The molecule has 1 unspecified atom stereocenters. The van der Waals surface area contributed by atoms with Crippen LogP contribution in [0.1, 0.15) is 35.6 Å². The number of benzene rings is 1. The summed E-state index contributed by atoms with van der Waals surface area (Å²) in [4.78, 5) is 18.4. The largest absolute Gasteiger partial charge is 0.445 e. The zero-order valence-electron chi connectivity index (χ0n) is 12.7. The molecule has 0 aliphatic carbocycles. The minimum Gasteiger partial charge on any atom is -0.445 e. The van der Waals surface area contributed by atoms with Gasteiger partial charge in [-0.1, -0.05) is 30.3 Å². The Morgan fingerprint density at radius 3 is 2.91 bits per heavy atom. The van der Waals surface area contributed by atoms with Gasteiger partial charge in [0.2, 0.25) is 0 Å². The summed E-state index contributed by atoms with van der Waals surface area (Å²) in [6.07, 6.45) is 5.37. The second kappa shape index (κ2) is 6.60. The minimum absolute atomic E-state index is 0.0805. The molecule has 22 heavy (non-hydrogen) atoms. The number of likely N-dealkylation sites (tertiary alicyclic amines) is 1. The highest BCUT2D eigenvalue weighted by Gasteiger charge is 2.32. The quantitative estimate of drug-likeness (QED) is 0.863. The number of rotatable bonds is 3. The number of amides is 1. The number of hydrogen-bond acceptors (Lipinski definition) is 3. The number of nitrogens with zero attached hydrogens (tertiary/aromatic N) is 2. The summed E-state index contributed by atoms with van der Waals surface area (Å²) in [5.74, 6) is 0.